The lowest BCUT2D eigenvalue weighted by Crippen LogP contribution is -2.08. The van der Waals surface area contributed by atoms with Crippen molar-refractivity contribution in [1.82, 2.24) is 0 Å². The van der Waals surface area contributed by atoms with Gasteiger partial charge in [0, 0.05) is 16.7 Å². The average Bonchev–Trinajstić information content (AvgIpc) is 2.78. The minimum atomic E-state index is -3.67. The van der Waals surface area contributed by atoms with Crippen molar-refractivity contribution in [2.75, 3.05) is 6.61 Å². The fourth-order valence-corrected chi connectivity index (χ4v) is 2.89. The first-order valence-corrected chi connectivity index (χ1v) is 8.04. The minimum Gasteiger partial charge on any atom is -0.493 e. The second-order valence-electron chi connectivity index (χ2n) is 4.37. The second-order valence-corrected chi connectivity index (χ2v) is 6.94. The molecule has 1 fully saturated rings. The van der Waals surface area contributed by atoms with Gasteiger partial charge < -0.3 is 4.74 Å². The maximum absolute atomic E-state index is 11.2. The summed E-state index contributed by atoms with van der Waals surface area (Å²) in [4.78, 5) is 0.0862. The van der Waals surface area contributed by atoms with Crippen molar-refractivity contribution in [2.45, 2.75) is 30.6 Å². The number of rotatable bonds is 4. The Morgan fingerprint density at radius 1 is 1.29 bits per heavy atom. The van der Waals surface area contributed by atoms with Crippen molar-refractivity contribution in [3.05, 3.63) is 24.3 Å². The molecule has 0 amide bonds. The maximum Gasteiger partial charge on any atom is 0.261 e. The Kier molecular flexibility index (Phi) is 3.94. The van der Waals surface area contributed by atoms with Crippen molar-refractivity contribution in [1.29, 1.82) is 0 Å². The molecule has 0 aliphatic heterocycles. The van der Waals surface area contributed by atoms with Crippen LogP contribution in [-0.4, -0.2) is 15.0 Å². The summed E-state index contributed by atoms with van der Waals surface area (Å²) in [5, 5.41) is 0. The number of hydrogen-bond acceptors (Lipinski definition) is 3. The predicted octanol–water partition coefficient (Wildman–Crippen LogP) is 3.18. The molecule has 94 valence electrons. The molecule has 1 saturated carbocycles. The topological polar surface area (TPSA) is 43.4 Å². The molecule has 3 nitrogen and oxygen atoms in total. The molecule has 0 bridgehead atoms. The van der Waals surface area contributed by atoms with E-state index in [0.717, 1.165) is 0 Å². The standard InChI is InChI=1S/C12H15ClO3S/c13-17(14,15)12-7-3-6-11(8-12)16-9-10-4-1-2-5-10/h3,6-8,10H,1-2,4-5,9H2. The molecule has 0 atom stereocenters. The van der Waals surface area contributed by atoms with Gasteiger partial charge in [0.15, 0.2) is 0 Å². The average molecular weight is 275 g/mol. The fourth-order valence-electron chi connectivity index (χ4n) is 2.11. The largest absolute Gasteiger partial charge is 0.493 e. The molecule has 0 aromatic heterocycles. The highest BCUT2D eigenvalue weighted by atomic mass is 35.7. The third-order valence-corrected chi connectivity index (χ3v) is 4.40. The number of hydrogen-bond donors (Lipinski definition) is 0. The quantitative estimate of drug-likeness (QED) is 0.792. The fraction of sp³-hybridized carbons (Fsp3) is 0.500. The Bertz CT molecular complexity index is 478. The van der Waals surface area contributed by atoms with Crippen LogP contribution >= 0.6 is 10.7 Å². The molecule has 0 heterocycles. The third-order valence-electron chi connectivity index (χ3n) is 3.05. The summed E-state index contributed by atoms with van der Waals surface area (Å²) >= 11 is 0. The SMILES string of the molecule is O=S(=O)(Cl)c1cccc(OCC2CCCC2)c1. The number of benzene rings is 1. The lowest BCUT2D eigenvalue weighted by atomic mass is 10.1. The van der Waals surface area contributed by atoms with Crippen molar-refractivity contribution in [3.8, 4) is 5.75 Å². The van der Waals surface area contributed by atoms with Gasteiger partial charge in [-0.2, -0.15) is 0 Å². The van der Waals surface area contributed by atoms with Gasteiger partial charge in [0.2, 0.25) is 0 Å². The van der Waals surface area contributed by atoms with E-state index >= 15 is 0 Å². The van der Waals surface area contributed by atoms with Crippen LogP contribution in [0.3, 0.4) is 0 Å². The van der Waals surface area contributed by atoms with Gasteiger partial charge in [-0.1, -0.05) is 18.9 Å². The molecule has 1 aromatic rings. The van der Waals surface area contributed by atoms with Gasteiger partial charge in [-0.3, -0.25) is 0 Å². The summed E-state index contributed by atoms with van der Waals surface area (Å²) in [7, 11) is 1.60. The maximum atomic E-state index is 11.2. The third kappa shape index (κ3) is 3.61. The highest BCUT2D eigenvalue weighted by Gasteiger charge is 2.16. The molecule has 0 unspecified atom stereocenters. The van der Waals surface area contributed by atoms with E-state index in [1.165, 1.54) is 37.8 Å². The lowest BCUT2D eigenvalue weighted by Gasteiger charge is -2.11. The Balaban J connectivity index is 2.01. The van der Waals surface area contributed by atoms with E-state index in [1.807, 2.05) is 0 Å². The molecule has 1 aliphatic rings. The van der Waals surface area contributed by atoms with Crippen LogP contribution in [0, 0.1) is 5.92 Å². The molecule has 17 heavy (non-hydrogen) atoms. The highest BCUT2D eigenvalue weighted by molar-refractivity contribution is 8.13. The highest BCUT2D eigenvalue weighted by Crippen LogP contribution is 2.26. The molecule has 5 heteroatoms. The van der Waals surface area contributed by atoms with E-state index in [9.17, 15) is 8.42 Å². The monoisotopic (exact) mass is 274 g/mol. The van der Waals surface area contributed by atoms with Gasteiger partial charge in [-0.05, 0) is 30.9 Å². The van der Waals surface area contributed by atoms with Crippen molar-refractivity contribution in [3.63, 3.8) is 0 Å². The van der Waals surface area contributed by atoms with Crippen molar-refractivity contribution < 1.29 is 13.2 Å². The van der Waals surface area contributed by atoms with Gasteiger partial charge in [0.1, 0.15) is 5.75 Å². The molecule has 0 saturated heterocycles. The van der Waals surface area contributed by atoms with Crippen LogP contribution in [0.4, 0.5) is 0 Å². The van der Waals surface area contributed by atoms with Crippen LogP contribution in [0.1, 0.15) is 25.7 Å². The Morgan fingerprint density at radius 3 is 2.65 bits per heavy atom. The Labute approximate surface area is 106 Å². The normalized spacial score (nSPS) is 17.2. The van der Waals surface area contributed by atoms with Gasteiger partial charge in [-0.15, -0.1) is 0 Å². The molecule has 1 aromatic carbocycles. The summed E-state index contributed by atoms with van der Waals surface area (Å²) in [6, 6.07) is 6.32. The van der Waals surface area contributed by atoms with Crippen LogP contribution in [0.5, 0.6) is 5.75 Å². The molecular formula is C12H15ClO3S. The van der Waals surface area contributed by atoms with Gasteiger partial charge >= 0.3 is 0 Å². The summed E-state index contributed by atoms with van der Waals surface area (Å²) in [6.07, 6.45) is 4.94. The summed E-state index contributed by atoms with van der Waals surface area (Å²) in [5.41, 5.74) is 0. The molecule has 0 N–H and O–H groups in total. The smallest absolute Gasteiger partial charge is 0.261 e. The van der Waals surface area contributed by atoms with Crippen molar-refractivity contribution in [2.24, 2.45) is 5.92 Å². The van der Waals surface area contributed by atoms with E-state index in [0.29, 0.717) is 18.3 Å². The van der Waals surface area contributed by atoms with E-state index in [2.05, 4.69) is 0 Å². The van der Waals surface area contributed by atoms with Gasteiger partial charge in [0.05, 0.1) is 11.5 Å². The van der Waals surface area contributed by atoms with Crippen LogP contribution in [0.2, 0.25) is 0 Å². The number of ether oxygens (including phenoxy) is 1. The van der Waals surface area contributed by atoms with Crippen molar-refractivity contribution >= 4 is 19.7 Å². The Hall–Kier alpha value is -0.740. The van der Waals surface area contributed by atoms with E-state index in [4.69, 9.17) is 15.4 Å². The summed E-state index contributed by atoms with van der Waals surface area (Å²) in [6.45, 7) is 0.659. The molecule has 2 rings (SSSR count). The van der Waals surface area contributed by atoms with E-state index in [1.54, 1.807) is 12.1 Å². The van der Waals surface area contributed by atoms with Gasteiger partial charge in [0.25, 0.3) is 9.05 Å². The minimum absolute atomic E-state index is 0.0862. The lowest BCUT2D eigenvalue weighted by molar-refractivity contribution is 0.251. The van der Waals surface area contributed by atoms with E-state index < -0.39 is 9.05 Å². The number of halogens is 1. The zero-order valence-corrected chi connectivity index (χ0v) is 11.0. The van der Waals surface area contributed by atoms with Crippen LogP contribution in [0.15, 0.2) is 29.2 Å². The Morgan fingerprint density at radius 2 is 2.00 bits per heavy atom. The predicted molar refractivity (Wildman–Crippen MR) is 66.9 cm³/mol. The second kappa shape index (κ2) is 5.27. The molecule has 0 radical (unpaired) electrons. The first-order valence-electron chi connectivity index (χ1n) is 5.73. The summed E-state index contributed by atoms with van der Waals surface area (Å²) in [5.74, 6) is 1.17. The van der Waals surface area contributed by atoms with Gasteiger partial charge in [-0.25, -0.2) is 8.42 Å². The zero-order valence-electron chi connectivity index (χ0n) is 9.43. The van der Waals surface area contributed by atoms with Crippen LogP contribution < -0.4 is 4.74 Å². The molecular weight excluding hydrogens is 260 g/mol. The summed E-state index contributed by atoms with van der Waals surface area (Å²) < 4.78 is 27.9. The first-order chi connectivity index (χ1) is 8.05. The van der Waals surface area contributed by atoms with Crippen LogP contribution in [0.25, 0.3) is 0 Å². The molecule has 1 aliphatic carbocycles. The molecule has 0 spiro atoms. The first kappa shape index (κ1) is 12.7. The zero-order chi connectivity index (χ0) is 12.3. The van der Waals surface area contributed by atoms with Crippen LogP contribution in [-0.2, 0) is 9.05 Å². The van der Waals surface area contributed by atoms with E-state index in [-0.39, 0.29) is 4.90 Å².